The third kappa shape index (κ3) is 3.31. The molecule has 0 spiro atoms. The van der Waals surface area contributed by atoms with E-state index in [1.54, 1.807) is 0 Å². The highest BCUT2D eigenvalue weighted by Gasteiger charge is 2.09. The van der Waals surface area contributed by atoms with Gasteiger partial charge >= 0.3 is 6.61 Å². The molecule has 0 N–H and O–H groups in total. The Morgan fingerprint density at radius 2 is 2.25 bits per heavy atom. The maximum Gasteiger partial charge on any atom is 0.387 e. The second kappa shape index (κ2) is 5.21. The van der Waals surface area contributed by atoms with Gasteiger partial charge in [0.1, 0.15) is 11.5 Å². The second-order valence-corrected chi connectivity index (χ2v) is 3.19. The molecule has 0 saturated carbocycles. The molecule has 0 aliphatic carbocycles. The monoisotopic (exact) mass is 225 g/mol. The number of ether oxygens (including phenoxy) is 1. The number of carbonyl (C=O) groups is 1. The van der Waals surface area contributed by atoms with Gasteiger partial charge in [0.2, 0.25) is 0 Å². The Balaban J connectivity index is 3.02. The smallest absolute Gasteiger partial charge is 0.387 e. The first-order valence-electron chi connectivity index (χ1n) is 4.50. The number of ketones is 1. The van der Waals surface area contributed by atoms with Gasteiger partial charge in [0.15, 0.2) is 0 Å². The lowest BCUT2D eigenvalue weighted by Crippen LogP contribution is -2.04. The molecule has 0 aliphatic rings. The normalized spacial score (nSPS) is 9.94. The first-order chi connectivity index (χ1) is 7.52. The molecular weight excluding hydrogens is 216 g/mol. The topological polar surface area (TPSA) is 50.1 Å². The number of rotatable bonds is 4. The predicted octanol–water partition coefficient (Wildman–Crippen LogP) is 2.29. The van der Waals surface area contributed by atoms with Crippen LogP contribution in [0.1, 0.15) is 18.1 Å². The summed E-state index contributed by atoms with van der Waals surface area (Å²) < 4.78 is 28.1. The van der Waals surface area contributed by atoms with Gasteiger partial charge in [0.05, 0.1) is 11.6 Å². The number of nitrogens with zero attached hydrogens (tertiary/aromatic N) is 1. The zero-order chi connectivity index (χ0) is 12.1. The summed E-state index contributed by atoms with van der Waals surface area (Å²) in [6.45, 7) is -1.56. The molecule has 0 saturated heterocycles. The lowest BCUT2D eigenvalue weighted by molar-refractivity contribution is -0.116. The fourth-order valence-corrected chi connectivity index (χ4v) is 1.27. The minimum atomic E-state index is -2.92. The highest BCUT2D eigenvalue weighted by molar-refractivity contribution is 5.79. The summed E-state index contributed by atoms with van der Waals surface area (Å²) in [6.07, 6.45) is 0.0311. The van der Waals surface area contributed by atoms with Crippen molar-refractivity contribution in [2.24, 2.45) is 0 Å². The Labute approximate surface area is 91.3 Å². The van der Waals surface area contributed by atoms with Crippen LogP contribution in [0.25, 0.3) is 0 Å². The molecule has 0 heterocycles. The van der Waals surface area contributed by atoms with Crippen molar-refractivity contribution in [2.75, 3.05) is 0 Å². The van der Waals surface area contributed by atoms with E-state index in [-0.39, 0.29) is 23.5 Å². The summed E-state index contributed by atoms with van der Waals surface area (Å²) in [4.78, 5) is 10.9. The Kier molecular flexibility index (Phi) is 3.95. The van der Waals surface area contributed by atoms with Gasteiger partial charge in [0.25, 0.3) is 0 Å². The highest BCUT2D eigenvalue weighted by Crippen LogP contribution is 2.20. The van der Waals surface area contributed by atoms with Crippen molar-refractivity contribution in [3.63, 3.8) is 0 Å². The molecule has 0 aromatic heterocycles. The molecular formula is C11H9F2NO2. The van der Waals surface area contributed by atoms with Crippen molar-refractivity contribution in [2.45, 2.75) is 20.0 Å². The molecule has 3 nitrogen and oxygen atoms in total. The van der Waals surface area contributed by atoms with Gasteiger partial charge in [-0.3, -0.25) is 4.79 Å². The molecule has 0 unspecified atom stereocenters. The number of Topliss-reactive ketones (excluding diaryl/α,β-unsaturated/α-hetero) is 1. The number of hydrogen-bond acceptors (Lipinski definition) is 3. The van der Waals surface area contributed by atoms with E-state index in [0.717, 1.165) is 0 Å². The van der Waals surface area contributed by atoms with Gasteiger partial charge in [-0.1, -0.05) is 0 Å². The average molecular weight is 225 g/mol. The Hall–Kier alpha value is -1.96. The molecule has 84 valence electrons. The maximum atomic E-state index is 11.9. The highest BCUT2D eigenvalue weighted by atomic mass is 19.3. The Morgan fingerprint density at radius 3 is 2.75 bits per heavy atom. The van der Waals surface area contributed by atoms with E-state index in [0.29, 0.717) is 5.56 Å². The van der Waals surface area contributed by atoms with Crippen LogP contribution in [0.15, 0.2) is 18.2 Å². The molecule has 0 bridgehead atoms. The van der Waals surface area contributed by atoms with Crippen LogP contribution in [0.5, 0.6) is 5.75 Å². The quantitative estimate of drug-likeness (QED) is 0.789. The van der Waals surface area contributed by atoms with E-state index in [4.69, 9.17) is 5.26 Å². The van der Waals surface area contributed by atoms with Crippen molar-refractivity contribution >= 4 is 5.78 Å². The predicted molar refractivity (Wildman–Crippen MR) is 52.2 cm³/mol. The summed E-state index contributed by atoms with van der Waals surface area (Å²) in [5.41, 5.74) is 0.685. The Morgan fingerprint density at radius 1 is 1.56 bits per heavy atom. The third-order valence-electron chi connectivity index (χ3n) is 1.86. The van der Waals surface area contributed by atoms with Crippen molar-refractivity contribution < 1.29 is 18.3 Å². The fraction of sp³-hybridized carbons (Fsp3) is 0.273. The van der Waals surface area contributed by atoms with Crippen molar-refractivity contribution in [1.29, 1.82) is 5.26 Å². The molecule has 0 amide bonds. The summed E-state index contributed by atoms with van der Waals surface area (Å²) in [7, 11) is 0. The van der Waals surface area contributed by atoms with E-state index in [1.807, 2.05) is 6.07 Å². The first-order valence-corrected chi connectivity index (χ1v) is 4.50. The van der Waals surface area contributed by atoms with Crippen LogP contribution in [0.2, 0.25) is 0 Å². The number of halogens is 2. The third-order valence-corrected chi connectivity index (χ3v) is 1.86. The molecule has 0 aliphatic heterocycles. The first kappa shape index (κ1) is 12.1. The van der Waals surface area contributed by atoms with E-state index in [9.17, 15) is 13.6 Å². The standard InChI is InChI=1S/C11H9F2NO2/c1-7(15)4-9-5-10(16-11(12)13)3-2-8(9)6-14/h2-3,5,11H,4H2,1H3. The van der Waals surface area contributed by atoms with Crippen LogP contribution in [-0.4, -0.2) is 12.4 Å². The Bertz CT molecular complexity index is 438. The summed E-state index contributed by atoms with van der Waals surface area (Å²) >= 11 is 0. The van der Waals surface area contributed by atoms with Crippen LogP contribution >= 0.6 is 0 Å². The van der Waals surface area contributed by atoms with Crippen molar-refractivity contribution in [3.05, 3.63) is 29.3 Å². The van der Waals surface area contributed by atoms with Crippen molar-refractivity contribution in [1.82, 2.24) is 0 Å². The zero-order valence-electron chi connectivity index (χ0n) is 8.54. The van der Waals surface area contributed by atoms with Crippen molar-refractivity contribution in [3.8, 4) is 11.8 Å². The van der Waals surface area contributed by atoms with Crippen LogP contribution < -0.4 is 4.74 Å². The minimum absolute atomic E-state index is 0.0311. The van der Waals surface area contributed by atoms with Gasteiger partial charge in [-0.25, -0.2) is 0 Å². The van der Waals surface area contributed by atoms with E-state index in [2.05, 4.69) is 4.74 Å². The molecule has 5 heteroatoms. The average Bonchev–Trinajstić information content (AvgIpc) is 2.16. The second-order valence-electron chi connectivity index (χ2n) is 3.19. The summed E-state index contributed by atoms with van der Waals surface area (Å²) in [5, 5.41) is 8.75. The molecule has 1 aromatic rings. The van der Waals surface area contributed by atoms with E-state index in [1.165, 1.54) is 25.1 Å². The van der Waals surface area contributed by atoms with Gasteiger partial charge in [-0.05, 0) is 30.7 Å². The molecule has 1 aromatic carbocycles. The SMILES string of the molecule is CC(=O)Cc1cc(OC(F)F)ccc1C#N. The van der Waals surface area contributed by atoms with Crippen LogP contribution in [0, 0.1) is 11.3 Å². The fourth-order valence-electron chi connectivity index (χ4n) is 1.27. The van der Waals surface area contributed by atoms with Gasteiger partial charge in [0, 0.05) is 6.42 Å². The number of nitriles is 1. The van der Waals surface area contributed by atoms with E-state index < -0.39 is 6.61 Å². The largest absolute Gasteiger partial charge is 0.435 e. The van der Waals surface area contributed by atoms with Gasteiger partial charge < -0.3 is 4.74 Å². The maximum absolute atomic E-state index is 11.9. The molecule has 1 rings (SSSR count). The van der Waals surface area contributed by atoms with Crippen LogP contribution in [-0.2, 0) is 11.2 Å². The van der Waals surface area contributed by atoms with Crippen LogP contribution in [0.3, 0.4) is 0 Å². The molecule has 0 atom stereocenters. The van der Waals surface area contributed by atoms with E-state index >= 15 is 0 Å². The molecule has 16 heavy (non-hydrogen) atoms. The van der Waals surface area contributed by atoms with Gasteiger partial charge in [-0.15, -0.1) is 0 Å². The van der Waals surface area contributed by atoms with Gasteiger partial charge in [-0.2, -0.15) is 14.0 Å². The molecule has 0 fully saturated rings. The summed E-state index contributed by atoms with van der Waals surface area (Å²) in [6, 6.07) is 5.80. The number of alkyl halides is 2. The lowest BCUT2D eigenvalue weighted by atomic mass is 10.0. The summed E-state index contributed by atoms with van der Waals surface area (Å²) in [5.74, 6) is -0.198. The number of hydrogen-bond donors (Lipinski definition) is 0. The lowest BCUT2D eigenvalue weighted by Gasteiger charge is -2.07. The molecule has 0 radical (unpaired) electrons. The van der Waals surface area contributed by atoms with Crippen LogP contribution in [0.4, 0.5) is 8.78 Å². The minimum Gasteiger partial charge on any atom is -0.435 e. The zero-order valence-corrected chi connectivity index (χ0v) is 8.54. The number of carbonyl (C=O) groups excluding carboxylic acids is 1. The number of benzene rings is 1.